The summed E-state index contributed by atoms with van der Waals surface area (Å²) in [7, 11) is 0. The number of halogens is 2. The third-order valence-electron chi connectivity index (χ3n) is 6.47. The number of benzene rings is 3. The van der Waals surface area contributed by atoms with Gasteiger partial charge in [-0.05, 0) is 71.5 Å². The molecular formula is C29H25Cl2N3O3. The Morgan fingerprint density at radius 1 is 1.11 bits per heavy atom. The first-order chi connectivity index (χ1) is 17.7. The lowest BCUT2D eigenvalue weighted by molar-refractivity contribution is 0.0699. The van der Waals surface area contributed by atoms with E-state index in [1.54, 1.807) is 22.9 Å². The first kappa shape index (κ1) is 24.9. The predicted molar refractivity (Wildman–Crippen MR) is 147 cm³/mol. The lowest BCUT2D eigenvalue weighted by Crippen LogP contribution is -2.09. The number of carboxylic acid groups (broad SMARTS) is 1. The van der Waals surface area contributed by atoms with Crippen LogP contribution in [0.2, 0.25) is 10.0 Å². The van der Waals surface area contributed by atoms with Crippen LogP contribution in [0.15, 0.2) is 67.0 Å². The molecule has 8 heteroatoms. The summed E-state index contributed by atoms with van der Waals surface area (Å²) in [5.74, 6) is -0.0124. The number of ether oxygens (including phenoxy) is 1. The highest BCUT2D eigenvalue weighted by Gasteiger charge is 2.19. The number of para-hydroxylation sites is 1. The van der Waals surface area contributed by atoms with Crippen molar-refractivity contribution < 1.29 is 14.6 Å². The molecule has 2 heterocycles. The van der Waals surface area contributed by atoms with Crippen molar-refractivity contribution in [3.05, 3.63) is 99.4 Å². The van der Waals surface area contributed by atoms with Crippen LogP contribution in [0.5, 0.6) is 5.75 Å². The van der Waals surface area contributed by atoms with E-state index in [1.807, 2.05) is 49.5 Å². The second-order valence-corrected chi connectivity index (χ2v) is 10.0. The van der Waals surface area contributed by atoms with Crippen LogP contribution in [0, 0.1) is 6.92 Å². The highest BCUT2D eigenvalue weighted by molar-refractivity contribution is 6.37. The minimum Gasteiger partial charge on any atom is -0.487 e. The molecule has 0 fully saturated rings. The quantitative estimate of drug-likeness (QED) is 0.222. The molecule has 0 atom stereocenters. The van der Waals surface area contributed by atoms with Crippen molar-refractivity contribution in [1.82, 2.24) is 14.8 Å². The molecule has 2 N–H and O–H groups in total. The zero-order valence-electron chi connectivity index (χ0n) is 20.5. The van der Waals surface area contributed by atoms with Gasteiger partial charge < -0.3 is 14.8 Å². The standard InChI is InChI=1S/C29H25Cl2N3O3/c1-16(2)22-14-33-34(28-24(30)5-4-6-25(28)31)27(22)15-37-19-8-9-20(17(3)11-19)18-7-10-26-21(12-18)23(13-32-26)29(35)36/h4-14,16,32H,15H2,1-3H3,(H,35,36). The first-order valence-corrected chi connectivity index (χ1v) is 12.6. The number of H-pyrrole nitrogens is 1. The maximum atomic E-state index is 11.6. The molecule has 0 unspecified atom stereocenters. The molecule has 0 aliphatic heterocycles. The smallest absolute Gasteiger partial charge is 0.337 e. The number of fused-ring (bicyclic) bond motifs is 1. The van der Waals surface area contributed by atoms with Gasteiger partial charge in [0.25, 0.3) is 0 Å². The predicted octanol–water partition coefficient (Wildman–Crippen LogP) is 8.04. The van der Waals surface area contributed by atoms with E-state index in [4.69, 9.17) is 27.9 Å². The molecule has 3 aromatic carbocycles. The molecule has 0 amide bonds. The summed E-state index contributed by atoms with van der Waals surface area (Å²) < 4.78 is 7.99. The summed E-state index contributed by atoms with van der Waals surface area (Å²) in [5.41, 5.74) is 6.55. The number of aromatic amines is 1. The Balaban J connectivity index is 1.44. The zero-order chi connectivity index (χ0) is 26.3. The summed E-state index contributed by atoms with van der Waals surface area (Å²) in [4.78, 5) is 14.6. The number of hydrogen-bond donors (Lipinski definition) is 2. The van der Waals surface area contributed by atoms with Crippen molar-refractivity contribution >= 4 is 40.1 Å². The van der Waals surface area contributed by atoms with Gasteiger partial charge >= 0.3 is 5.97 Å². The fourth-order valence-electron chi connectivity index (χ4n) is 4.56. The lowest BCUT2D eigenvalue weighted by atomic mass is 9.98. The molecule has 6 nitrogen and oxygen atoms in total. The van der Waals surface area contributed by atoms with E-state index >= 15 is 0 Å². The van der Waals surface area contributed by atoms with Crippen LogP contribution in [-0.4, -0.2) is 25.8 Å². The van der Waals surface area contributed by atoms with Crippen molar-refractivity contribution in [2.45, 2.75) is 33.3 Å². The second kappa shape index (κ2) is 9.96. The Kier molecular flexibility index (Phi) is 6.71. The molecule has 0 radical (unpaired) electrons. The molecule has 0 aliphatic rings. The third kappa shape index (κ3) is 4.70. The van der Waals surface area contributed by atoms with Crippen LogP contribution in [0.3, 0.4) is 0 Å². The Morgan fingerprint density at radius 2 is 1.86 bits per heavy atom. The molecule has 0 saturated heterocycles. The van der Waals surface area contributed by atoms with Gasteiger partial charge in [0.15, 0.2) is 0 Å². The molecule has 188 valence electrons. The summed E-state index contributed by atoms with van der Waals surface area (Å²) in [6.07, 6.45) is 3.35. The second-order valence-electron chi connectivity index (χ2n) is 9.22. The van der Waals surface area contributed by atoms with Crippen molar-refractivity contribution in [1.29, 1.82) is 0 Å². The van der Waals surface area contributed by atoms with E-state index in [-0.39, 0.29) is 18.1 Å². The number of aryl methyl sites for hydroxylation is 1. The van der Waals surface area contributed by atoms with Crippen molar-refractivity contribution in [3.63, 3.8) is 0 Å². The average Bonchev–Trinajstić information content (AvgIpc) is 3.47. The molecule has 0 aliphatic carbocycles. The largest absolute Gasteiger partial charge is 0.487 e. The number of carbonyl (C=O) groups is 1. The zero-order valence-corrected chi connectivity index (χ0v) is 22.1. The third-order valence-corrected chi connectivity index (χ3v) is 7.08. The SMILES string of the molecule is Cc1cc(OCc2c(C(C)C)cnn2-c2c(Cl)cccc2Cl)ccc1-c1ccc2[nH]cc(C(=O)O)c2c1. The first-order valence-electron chi connectivity index (χ1n) is 11.8. The van der Waals surface area contributed by atoms with Gasteiger partial charge in [-0.3, -0.25) is 0 Å². The summed E-state index contributed by atoms with van der Waals surface area (Å²) in [6.45, 7) is 6.50. The molecule has 37 heavy (non-hydrogen) atoms. The van der Waals surface area contributed by atoms with Gasteiger partial charge in [0, 0.05) is 17.1 Å². The number of hydrogen-bond acceptors (Lipinski definition) is 3. The molecule has 5 rings (SSSR count). The van der Waals surface area contributed by atoms with Crippen LogP contribution in [-0.2, 0) is 6.61 Å². The molecular weight excluding hydrogens is 509 g/mol. The van der Waals surface area contributed by atoms with E-state index in [1.165, 1.54) is 6.20 Å². The van der Waals surface area contributed by atoms with E-state index in [0.29, 0.717) is 26.9 Å². The molecule has 0 spiro atoms. The van der Waals surface area contributed by atoms with Crippen LogP contribution < -0.4 is 4.74 Å². The van der Waals surface area contributed by atoms with E-state index in [2.05, 4.69) is 23.9 Å². The van der Waals surface area contributed by atoms with Gasteiger partial charge in [0.2, 0.25) is 0 Å². The summed E-state index contributed by atoms with van der Waals surface area (Å²) in [6, 6.07) is 17.0. The highest BCUT2D eigenvalue weighted by atomic mass is 35.5. The fraction of sp³-hybridized carbons (Fsp3) is 0.172. The van der Waals surface area contributed by atoms with Gasteiger partial charge in [0.1, 0.15) is 18.0 Å². The number of carboxylic acids is 1. The molecule has 5 aromatic rings. The normalized spacial score (nSPS) is 11.4. The number of nitrogens with one attached hydrogen (secondary N) is 1. The minimum absolute atomic E-state index is 0.233. The number of aromatic carboxylic acids is 1. The maximum Gasteiger partial charge on any atom is 0.337 e. The molecule has 0 saturated carbocycles. The van der Waals surface area contributed by atoms with Crippen LogP contribution in [0.4, 0.5) is 0 Å². The van der Waals surface area contributed by atoms with Gasteiger partial charge in [0.05, 0.1) is 27.5 Å². The molecule has 2 aromatic heterocycles. The average molecular weight is 534 g/mol. The number of aromatic nitrogens is 3. The number of nitrogens with zero attached hydrogens (tertiary/aromatic N) is 2. The number of rotatable bonds is 7. The van der Waals surface area contributed by atoms with Gasteiger partial charge in [-0.15, -0.1) is 0 Å². The highest BCUT2D eigenvalue weighted by Crippen LogP contribution is 2.33. The summed E-state index contributed by atoms with van der Waals surface area (Å²) >= 11 is 12.9. The van der Waals surface area contributed by atoms with Crippen molar-refractivity contribution in [2.75, 3.05) is 0 Å². The van der Waals surface area contributed by atoms with Gasteiger partial charge in [-0.2, -0.15) is 5.10 Å². The van der Waals surface area contributed by atoms with Crippen LogP contribution in [0.25, 0.3) is 27.7 Å². The van der Waals surface area contributed by atoms with Crippen LogP contribution in [0.1, 0.15) is 46.9 Å². The minimum atomic E-state index is -0.957. The summed E-state index contributed by atoms with van der Waals surface area (Å²) in [5, 5.41) is 15.8. The Bertz CT molecular complexity index is 1610. The Labute approximate surface area is 224 Å². The maximum absolute atomic E-state index is 11.6. The van der Waals surface area contributed by atoms with E-state index in [0.717, 1.165) is 33.5 Å². The molecule has 0 bridgehead atoms. The Morgan fingerprint density at radius 3 is 2.54 bits per heavy atom. The van der Waals surface area contributed by atoms with E-state index < -0.39 is 5.97 Å². The van der Waals surface area contributed by atoms with Crippen molar-refractivity contribution in [2.24, 2.45) is 0 Å². The van der Waals surface area contributed by atoms with Crippen molar-refractivity contribution in [3.8, 4) is 22.6 Å². The van der Waals surface area contributed by atoms with Crippen LogP contribution >= 0.6 is 23.2 Å². The van der Waals surface area contributed by atoms with Gasteiger partial charge in [-0.25, -0.2) is 9.48 Å². The van der Waals surface area contributed by atoms with Gasteiger partial charge in [-0.1, -0.05) is 55.2 Å². The lowest BCUT2D eigenvalue weighted by Gasteiger charge is -2.15. The fourth-order valence-corrected chi connectivity index (χ4v) is 5.12. The van der Waals surface area contributed by atoms with E-state index in [9.17, 15) is 9.90 Å². The monoisotopic (exact) mass is 533 g/mol. The topological polar surface area (TPSA) is 80.1 Å². The Hall–Kier alpha value is -3.74.